The Morgan fingerprint density at radius 2 is 1.85 bits per heavy atom. The molecule has 0 fully saturated rings. The van der Waals surface area contributed by atoms with E-state index in [-0.39, 0.29) is 5.91 Å². The van der Waals surface area contributed by atoms with Crippen LogP contribution in [0, 0.1) is 6.92 Å². The molecule has 1 amide bonds. The largest absolute Gasteiger partial charge is 0.497 e. The van der Waals surface area contributed by atoms with E-state index in [2.05, 4.69) is 26.2 Å². The van der Waals surface area contributed by atoms with Gasteiger partial charge < -0.3 is 9.47 Å². The third-order valence-corrected chi connectivity index (χ3v) is 5.20. The number of halogens is 1. The van der Waals surface area contributed by atoms with E-state index in [4.69, 9.17) is 9.47 Å². The standard InChI is InChI=1S/C19H17BrN2O3S/c1-11-17(15-9-8-14(24-2)10-16(15)25-3)21-19(26-11)22-18(23)12-4-6-13(20)7-5-12/h4-10H,1-3H3,(H,21,22,23). The van der Waals surface area contributed by atoms with Crippen LogP contribution in [-0.4, -0.2) is 25.1 Å². The molecule has 7 heteroatoms. The van der Waals surface area contributed by atoms with Crippen LogP contribution in [0.25, 0.3) is 11.3 Å². The van der Waals surface area contributed by atoms with Crippen molar-refractivity contribution in [1.29, 1.82) is 0 Å². The van der Waals surface area contributed by atoms with Crippen LogP contribution in [0.2, 0.25) is 0 Å². The number of thiazole rings is 1. The van der Waals surface area contributed by atoms with E-state index in [1.54, 1.807) is 26.4 Å². The minimum atomic E-state index is -0.195. The predicted molar refractivity (Wildman–Crippen MR) is 107 cm³/mol. The number of nitrogens with one attached hydrogen (secondary N) is 1. The Kier molecular flexibility index (Phi) is 5.58. The maximum absolute atomic E-state index is 12.4. The molecular weight excluding hydrogens is 416 g/mol. The molecule has 0 aliphatic rings. The van der Waals surface area contributed by atoms with Crippen LogP contribution in [0.15, 0.2) is 46.9 Å². The molecule has 0 aliphatic heterocycles. The summed E-state index contributed by atoms with van der Waals surface area (Å²) in [5, 5.41) is 3.40. The molecule has 0 atom stereocenters. The Labute approximate surface area is 164 Å². The number of methoxy groups -OCH3 is 2. The number of aromatic nitrogens is 1. The number of ether oxygens (including phenoxy) is 2. The summed E-state index contributed by atoms with van der Waals surface area (Å²) in [7, 11) is 3.22. The van der Waals surface area contributed by atoms with E-state index in [1.165, 1.54) is 11.3 Å². The summed E-state index contributed by atoms with van der Waals surface area (Å²) in [6.45, 7) is 1.96. The molecule has 3 aromatic rings. The predicted octanol–water partition coefficient (Wildman–Crippen LogP) is 5.15. The number of anilines is 1. The number of hydrogen-bond acceptors (Lipinski definition) is 5. The number of hydrogen-bond donors (Lipinski definition) is 1. The first-order chi connectivity index (χ1) is 12.5. The minimum Gasteiger partial charge on any atom is -0.497 e. The van der Waals surface area contributed by atoms with E-state index >= 15 is 0 Å². The number of benzene rings is 2. The summed E-state index contributed by atoms with van der Waals surface area (Å²) < 4.78 is 11.6. The van der Waals surface area contributed by atoms with Crippen LogP contribution in [0.1, 0.15) is 15.2 Å². The topological polar surface area (TPSA) is 60.5 Å². The van der Waals surface area contributed by atoms with Gasteiger partial charge in [0, 0.05) is 26.5 Å². The molecule has 2 aromatic carbocycles. The molecular formula is C19H17BrN2O3S. The fourth-order valence-corrected chi connectivity index (χ4v) is 3.55. The Bertz CT molecular complexity index is 938. The summed E-state index contributed by atoms with van der Waals surface area (Å²) in [6.07, 6.45) is 0. The zero-order valence-electron chi connectivity index (χ0n) is 14.5. The van der Waals surface area contributed by atoms with Gasteiger partial charge in [0.2, 0.25) is 0 Å². The molecule has 0 aliphatic carbocycles. The van der Waals surface area contributed by atoms with Crippen molar-refractivity contribution in [3.05, 3.63) is 57.4 Å². The lowest BCUT2D eigenvalue weighted by Gasteiger charge is -2.09. The van der Waals surface area contributed by atoms with Crippen LogP contribution < -0.4 is 14.8 Å². The molecule has 0 unspecified atom stereocenters. The lowest BCUT2D eigenvalue weighted by Crippen LogP contribution is -2.11. The highest BCUT2D eigenvalue weighted by molar-refractivity contribution is 9.10. The second-order valence-corrected chi connectivity index (χ2v) is 7.57. The number of rotatable bonds is 5. The van der Waals surface area contributed by atoms with Crippen molar-refractivity contribution in [2.75, 3.05) is 19.5 Å². The van der Waals surface area contributed by atoms with E-state index in [1.807, 2.05) is 37.3 Å². The molecule has 0 spiro atoms. The smallest absolute Gasteiger partial charge is 0.257 e. The SMILES string of the molecule is COc1ccc(-c2nc(NC(=O)c3ccc(Br)cc3)sc2C)c(OC)c1. The van der Waals surface area contributed by atoms with Crippen LogP contribution in [0.5, 0.6) is 11.5 Å². The average Bonchev–Trinajstić information content (AvgIpc) is 3.01. The van der Waals surface area contributed by atoms with Gasteiger partial charge in [0.1, 0.15) is 11.5 Å². The summed E-state index contributed by atoms with van der Waals surface area (Å²) in [5.74, 6) is 1.19. The van der Waals surface area contributed by atoms with Gasteiger partial charge in [-0.3, -0.25) is 10.1 Å². The maximum atomic E-state index is 12.4. The van der Waals surface area contributed by atoms with Crippen LogP contribution in [0.4, 0.5) is 5.13 Å². The molecule has 1 N–H and O–H groups in total. The molecule has 0 radical (unpaired) electrons. The minimum absolute atomic E-state index is 0.195. The summed E-state index contributed by atoms with van der Waals surface area (Å²) in [4.78, 5) is 18.0. The second-order valence-electron chi connectivity index (χ2n) is 5.45. The summed E-state index contributed by atoms with van der Waals surface area (Å²) in [6, 6.07) is 12.7. The van der Waals surface area contributed by atoms with Gasteiger partial charge in [-0.1, -0.05) is 15.9 Å². The van der Waals surface area contributed by atoms with E-state index in [0.29, 0.717) is 22.2 Å². The first-order valence-electron chi connectivity index (χ1n) is 7.78. The van der Waals surface area contributed by atoms with Crippen molar-refractivity contribution in [2.24, 2.45) is 0 Å². The molecule has 0 saturated heterocycles. The van der Waals surface area contributed by atoms with Crippen LogP contribution in [0.3, 0.4) is 0 Å². The fourth-order valence-electron chi connectivity index (χ4n) is 2.46. The van der Waals surface area contributed by atoms with Crippen molar-refractivity contribution in [3.63, 3.8) is 0 Å². The van der Waals surface area contributed by atoms with E-state index < -0.39 is 0 Å². The molecule has 26 heavy (non-hydrogen) atoms. The molecule has 3 rings (SSSR count). The lowest BCUT2D eigenvalue weighted by atomic mass is 10.1. The highest BCUT2D eigenvalue weighted by Crippen LogP contribution is 2.37. The van der Waals surface area contributed by atoms with Gasteiger partial charge in [0.05, 0.1) is 19.9 Å². The first kappa shape index (κ1) is 18.4. The molecule has 1 heterocycles. The first-order valence-corrected chi connectivity index (χ1v) is 9.39. The Morgan fingerprint density at radius 1 is 1.12 bits per heavy atom. The quantitative estimate of drug-likeness (QED) is 0.605. The average molecular weight is 433 g/mol. The lowest BCUT2D eigenvalue weighted by molar-refractivity contribution is 0.102. The van der Waals surface area contributed by atoms with Crippen molar-refractivity contribution in [3.8, 4) is 22.8 Å². The van der Waals surface area contributed by atoms with Crippen molar-refractivity contribution in [1.82, 2.24) is 4.98 Å². The van der Waals surface area contributed by atoms with Gasteiger partial charge in [-0.2, -0.15) is 0 Å². The Morgan fingerprint density at radius 3 is 2.50 bits per heavy atom. The third kappa shape index (κ3) is 3.89. The number of carbonyl (C=O) groups is 1. The monoisotopic (exact) mass is 432 g/mol. The van der Waals surface area contributed by atoms with E-state index in [9.17, 15) is 4.79 Å². The number of amides is 1. The second kappa shape index (κ2) is 7.88. The molecule has 0 saturated carbocycles. The number of nitrogens with zero attached hydrogens (tertiary/aromatic N) is 1. The summed E-state index contributed by atoms with van der Waals surface area (Å²) in [5.41, 5.74) is 2.21. The zero-order valence-corrected chi connectivity index (χ0v) is 16.9. The zero-order chi connectivity index (χ0) is 18.7. The third-order valence-electron chi connectivity index (χ3n) is 3.79. The van der Waals surface area contributed by atoms with Crippen LogP contribution >= 0.6 is 27.3 Å². The van der Waals surface area contributed by atoms with Crippen LogP contribution in [-0.2, 0) is 0 Å². The van der Waals surface area contributed by atoms with Gasteiger partial charge in [-0.05, 0) is 43.3 Å². The molecule has 1 aromatic heterocycles. The number of carbonyl (C=O) groups excluding carboxylic acids is 1. The van der Waals surface area contributed by atoms with E-state index in [0.717, 1.165) is 20.6 Å². The number of aryl methyl sites for hydroxylation is 1. The summed E-state index contributed by atoms with van der Waals surface area (Å²) >= 11 is 4.79. The highest BCUT2D eigenvalue weighted by atomic mass is 79.9. The van der Waals surface area contributed by atoms with Crippen molar-refractivity contribution >= 4 is 38.3 Å². The van der Waals surface area contributed by atoms with Crippen molar-refractivity contribution < 1.29 is 14.3 Å². The van der Waals surface area contributed by atoms with Gasteiger partial charge in [-0.15, -0.1) is 11.3 Å². The molecule has 134 valence electrons. The maximum Gasteiger partial charge on any atom is 0.257 e. The Balaban J connectivity index is 1.88. The molecule has 0 bridgehead atoms. The van der Waals surface area contributed by atoms with Gasteiger partial charge in [-0.25, -0.2) is 4.98 Å². The fraction of sp³-hybridized carbons (Fsp3) is 0.158. The molecule has 5 nitrogen and oxygen atoms in total. The van der Waals surface area contributed by atoms with Crippen molar-refractivity contribution in [2.45, 2.75) is 6.92 Å². The normalized spacial score (nSPS) is 10.5. The van der Waals surface area contributed by atoms with Gasteiger partial charge >= 0.3 is 0 Å². The van der Waals surface area contributed by atoms with Gasteiger partial charge in [0.15, 0.2) is 5.13 Å². The van der Waals surface area contributed by atoms with Gasteiger partial charge in [0.25, 0.3) is 5.91 Å². The Hall–Kier alpha value is -2.38. The highest BCUT2D eigenvalue weighted by Gasteiger charge is 2.16.